The maximum absolute atomic E-state index is 5.94. The molecule has 0 amide bonds. The van der Waals surface area contributed by atoms with E-state index in [0.29, 0.717) is 5.89 Å². The number of methoxy groups -OCH3 is 1. The minimum absolute atomic E-state index is 0. The zero-order valence-corrected chi connectivity index (χ0v) is 18.6. The molecule has 0 saturated heterocycles. The summed E-state index contributed by atoms with van der Waals surface area (Å²) in [5, 5.41) is 2.40. The molecule has 5 nitrogen and oxygen atoms in total. The zero-order valence-electron chi connectivity index (χ0n) is 16.2. The van der Waals surface area contributed by atoms with Crippen LogP contribution in [0.1, 0.15) is 5.56 Å². The van der Waals surface area contributed by atoms with Crippen molar-refractivity contribution < 1.29 is 30.7 Å². The zero-order chi connectivity index (χ0) is 20.1. The van der Waals surface area contributed by atoms with E-state index in [9.17, 15) is 0 Å². The van der Waals surface area contributed by atoms with Crippen LogP contribution in [0.15, 0.2) is 88.7 Å². The Balaban J connectivity index is 0.00000256. The number of rotatable bonds is 6. The molecule has 2 aromatic heterocycles. The number of thiocarbonyl (C=S) groups is 1. The van der Waals surface area contributed by atoms with Crippen molar-refractivity contribution in [1.82, 2.24) is 4.98 Å². The van der Waals surface area contributed by atoms with Crippen molar-refractivity contribution in [3.63, 3.8) is 0 Å². The van der Waals surface area contributed by atoms with E-state index in [4.69, 9.17) is 9.15 Å². The number of hydrogen-bond donors (Lipinski definition) is 0. The molecular formula is C23H18BrN3O2S. The van der Waals surface area contributed by atoms with E-state index in [2.05, 4.69) is 38.0 Å². The number of hydrogen-bond acceptors (Lipinski definition) is 5. The fraction of sp³-hybridized carbons (Fsp3) is 0.0870. The highest BCUT2D eigenvalue weighted by Crippen LogP contribution is 2.27. The van der Waals surface area contributed by atoms with Crippen molar-refractivity contribution in [3.05, 3.63) is 84.8 Å². The number of nitrogens with zero attached hydrogens (tertiary/aromatic N) is 3. The Labute approximate surface area is 190 Å². The van der Waals surface area contributed by atoms with Gasteiger partial charge in [0.1, 0.15) is 5.75 Å². The van der Waals surface area contributed by atoms with Crippen LogP contribution >= 0.6 is 12.2 Å². The van der Waals surface area contributed by atoms with Gasteiger partial charge in [-0.15, -0.1) is 0 Å². The van der Waals surface area contributed by atoms with Crippen molar-refractivity contribution in [3.8, 4) is 28.5 Å². The molecule has 0 atom stereocenters. The van der Waals surface area contributed by atoms with Crippen LogP contribution < -0.4 is 26.3 Å². The summed E-state index contributed by atoms with van der Waals surface area (Å²) in [5.41, 5.74) is 3.81. The summed E-state index contributed by atoms with van der Waals surface area (Å²) < 4.78 is 13.2. The van der Waals surface area contributed by atoms with Crippen LogP contribution in [0, 0.1) is 0 Å². The highest BCUT2D eigenvalue weighted by molar-refractivity contribution is 7.78. The highest BCUT2D eigenvalue weighted by Gasteiger charge is 2.11. The maximum Gasteiger partial charge on any atom is 0.227 e. The number of pyridine rings is 1. The quantitative estimate of drug-likeness (QED) is 0.241. The van der Waals surface area contributed by atoms with Gasteiger partial charge in [-0.1, -0.05) is 12.1 Å². The standard InChI is InChI=1S/C23H18N3O2S.BrH/c1-27-21-7-5-18(6-8-21)22-14-24-23(28-22)19-9-11-26(12-10-19)15-17-3-2-4-20(13-17)25-16-29;/h2-14H,15H2,1H3;1H/q+1;/p-1. The molecule has 0 bridgehead atoms. The second-order valence-corrected chi connectivity index (χ2v) is 6.57. The normalized spacial score (nSPS) is 10.0. The van der Waals surface area contributed by atoms with E-state index in [1.165, 1.54) is 0 Å². The monoisotopic (exact) mass is 479 g/mol. The summed E-state index contributed by atoms with van der Waals surface area (Å²) in [6.45, 7) is 0.726. The second-order valence-electron chi connectivity index (χ2n) is 6.39. The van der Waals surface area contributed by atoms with Crippen LogP contribution in [0.3, 0.4) is 0 Å². The van der Waals surface area contributed by atoms with Gasteiger partial charge in [0, 0.05) is 28.8 Å². The Morgan fingerprint density at radius 2 is 1.83 bits per heavy atom. The maximum atomic E-state index is 5.94. The Morgan fingerprint density at radius 1 is 1.07 bits per heavy atom. The lowest BCUT2D eigenvalue weighted by Gasteiger charge is -2.01. The first kappa shape index (κ1) is 21.6. The summed E-state index contributed by atoms with van der Waals surface area (Å²) in [4.78, 5) is 8.44. The first-order chi connectivity index (χ1) is 14.2. The van der Waals surface area contributed by atoms with Gasteiger partial charge in [-0.2, -0.15) is 4.99 Å². The van der Waals surface area contributed by atoms with Crippen LogP contribution in [0.5, 0.6) is 5.75 Å². The molecule has 30 heavy (non-hydrogen) atoms. The third kappa shape index (κ3) is 5.07. The van der Waals surface area contributed by atoms with Crippen LogP contribution in [0.4, 0.5) is 5.69 Å². The summed E-state index contributed by atoms with van der Waals surface area (Å²) >= 11 is 4.67. The number of benzene rings is 2. The number of isothiocyanates is 1. The van der Waals surface area contributed by atoms with Gasteiger partial charge in [-0.05, 0) is 48.6 Å². The molecule has 0 unspecified atom stereocenters. The van der Waals surface area contributed by atoms with Gasteiger partial charge in [0.25, 0.3) is 0 Å². The van der Waals surface area contributed by atoms with Gasteiger partial charge >= 0.3 is 0 Å². The lowest BCUT2D eigenvalue weighted by atomic mass is 10.2. The minimum Gasteiger partial charge on any atom is -1.00 e. The topological polar surface area (TPSA) is 51.5 Å². The lowest BCUT2D eigenvalue weighted by molar-refractivity contribution is -0.688. The fourth-order valence-corrected chi connectivity index (χ4v) is 3.09. The Morgan fingerprint density at radius 3 is 2.53 bits per heavy atom. The molecule has 0 aliphatic rings. The van der Waals surface area contributed by atoms with E-state index in [0.717, 1.165) is 40.4 Å². The van der Waals surface area contributed by atoms with E-state index in [1.807, 2.05) is 67.0 Å². The van der Waals surface area contributed by atoms with Gasteiger partial charge in [-0.25, -0.2) is 9.55 Å². The smallest absolute Gasteiger partial charge is 0.227 e. The third-order valence-electron chi connectivity index (χ3n) is 4.47. The van der Waals surface area contributed by atoms with Crippen LogP contribution in [0.25, 0.3) is 22.8 Å². The van der Waals surface area contributed by atoms with E-state index in [-0.39, 0.29) is 17.0 Å². The summed E-state index contributed by atoms with van der Waals surface area (Å²) in [5.74, 6) is 2.11. The number of aliphatic imine (C=N–C) groups is 1. The van der Waals surface area contributed by atoms with E-state index < -0.39 is 0 Å². The van der Waals surface area contributed by atoms with E-state index in [1.54, 1.807) is 13.3 Å². The molecule has 2 heterocycles. The molecule has 4 rings (SSSR count). The van der Waals surface area contributed by atoms with Gasteiger partial charge < -0.3 is 26.1 Å². The number of oxazole rings is 1. The van der Waals surface area contributed by atoms with Crippen molar-refractivity contribution in [2.24, 2.45) is 4.99 Å². The molecule has 0 spiro atoms. The number of halogens is 1. The Kier molecular flexibility index (Phi) is 7.25. The van der Waals surface area contributed by atoms with Gasteiger partial charge in [-0.3, -0.25) is 0 Å². The average Bonchev–Trinajstić information content (AvgIpc) is 3.25. The summed E-state index contributed by atoms with van der Waals surface area (Å²) in [6, 6.07) is 19.6. The predicted molar refractivity (Wildman–Crippen MR) is 114 cm³/mol. The van der Waals surface area contributed by atoms with Gasteiger partial charge in [0.05, 0.1) is 24.2 Å². The second kappa shape index (κ2) is 10.1. The first-order valence-electron chi connectivity index (χ1n) is 9.02. The molecule has 0 aliphatic carbocycles. The Bertz CT molecular complexity index is 1170. The molecule has 0 fully saturated rings. The molecule has 0 N–H and O–H groups in total. The molecule has 2 aromatic carbocycles. The fourth-order valence-electron chi connectivity index (χ4n) is 2.99. The first-order valence-corrected chi connectivity index (χ1v) is 9.42. The predicted octanol–water partition coefficient (Wildman–Crippen LogP) is 2.09. The van der Waals surface area contributed by atoms with Crippen molar-refractivity contribution in [2.45, 2.75) is 6.54 Å². The van der Waals surface area contributed by atoms with Crippen molar-refractivity contribution in [1.29, 1.82) is 0 Å². The number of aromatic nitrogens is 2. The molecular weight excluding hydrogens is 462 g/mol. The van der Waals surface area contributed by atoms with Crippen LogP contribution in [-0.2, 0) is 6.54 Å². The summed E-state index contributed by atoms with van der Waals surface area (Å²) in [6.07, 6.45) is 5.74. The molecule has 0 saturated carbocycles. The Hall–Kier alpha value is -3.12. The van der Waals surface area contributed by atoms with Crippen LogP contribution in [-0.4, -0.2) is 17.3 Å². The lowest BCUT2D eigenvalue weighted by Crippen LogP contribution is -3.00. The van der Waals surface area contributed by atoms with Crippen LogP contribution in [0.2, 0.25) is 0 Å². The van der Waals surface area contributed by atoms with Crippen molar-refractivity contribution in [2.75, 3.05) is 7.11 Å². The average molecular weight is 480 g/mol. The largest absolute Gasteiger partial charge is 1.00 e. The van der Waals surface area contributed by atoms with Gasteiger partial charge in [0.2, 0.25) is 5.89 Å². The molecule has 7 heteroatoms. The highest BCUT2D eigenvalue weighted by atomic mass is 79.9. The number of ether oxygens (including phenoxy) is 1. The molecule has 0 aliphatic heterocycles. The molecule has 150 valence electrons. The SMILES string of the molecule is COc1ccc(-c2cnc(-c3cc[n+](Cc4cccc(N=C=S)c4)cc3)o2)cc1.[Br-]. The summed E-state index contributed by atoms with van der Waals surface area (Å²) in [7, 11) is 1.65. The third-order valence-corrected chi connectivity index (χ3v) is 4.56. The minimum atomic E-state index is 0. The molecule has 4 aromatic rings. The van der Waals surface area contributed by atoms with Crippen molar-refractivity contribution >= 4 is 23.1 Å². The van der Waals surface area contributed by atoms with Gasteiger partial charge in [0.15, 0.2) is 24.7 Å². The van der Waals surface area contributed by atoms with E-state index >= 15 is 0 Å². The molecule has 0 radical (unpaired) electrons.